The summed E-state index contributed by atoms with van der Waals surface area (Å²) in [7, 11) is 0. The molecule has 33 heavy (non-hydrogen) atoms. The smallest absolute Gasteiger partial charge is 0.226 e. The first-order valence-corrected chi connectivity index (χ1v) is 12.2. The molecule has 2 aliphatic heterocycles. The zero-order valence-electron chi connectivity index (χ0n) is 18.6. The van der Waals surface area contributed by atoms with Gasteiger partial charge in [0.05, 0.1) is 11.2 Å². The van der Waals surface area contributed by atoms with Crippen LogP contribution >= 0.6 is 11.6 Å². The van der Waals surface area contributed by atoms with Crippen molar-refractivity contribution in [2.75, 3.05) is 36.4 Å². The first kappa shape index (κ1) is 22.2. The molecule has 0 aliphatic carbocycles. The number of hydrogen-bond acceptors (Lipinski definition) is 7. The summed E-state index contributed by atoms with van der Waals surface area (Å²) in [5.41, 5.74) is 1.92. The first-order valence-electron chi connectivity index (χ1n) is 11.8. The number of benzene rings is 1. The highest BCUT2D eigenvalue weighted by Crippen LogP contribution is 2.30. The van der Waals surface area contributed by atoms with Crippen LogP contribution in [0.1, 0.15) is 38.5 Å². The van der Waals surface area contributed by atoms with E-state index in [1.807, 2.05) is 0 Å². The minimum atomic E-state index is -0.460. The molecule has 5 rings (SSSR count). The van der Waals surface area contributed by atoms with Crippen molar-refractivity contribution in [3.8, 4) is 0 Å². The van der Waals surface area contributed by atoms with Crippen LogP contribution in [0.3, 0.4) is 0 Å². The second-order valence-corrected chi connectivity index (χ2v) is 9.49. The summed E-state index contributed by atoms with van der Waals surface area (Å²) < 4.78 is 13.5. The summed E-state index contributed by atoms with van der Waals surface area (Å²) in [5, 5.41) is 6.69. The van der Waals surface area contributed by atoms with E-state index in [1.54, 1.807) is 12.3 Å². The van der Waals surface area contributed by atoms with Crippen molar-refractivity contribution in [3.63, 3.8) is 0 Å². The van der Waals surface area contributed by atoms with Crippen molar-refractivity contribution in [3.05, 3.63) is 41.6 Å². The molecule has 0 amide bonds. The van der Waals surface area contributed by atoms with E-state index in [9.17, 15) is 4.39 Å². The van der Waals surface area contributed by atoms with E-state index < -0.39 is 5.82 Å². The fourth-order valence-corrected chi connectivity index (χ4v) is 5.04. The Balaban J connectivity index is 1.25. The molecule has 2 fully saturated rings. The monoisotopic (exact) mass is 469 g/mol. The van der Waals surface area contributed by atoms with Gasteiger partial charge in [0, 0.05) is 18.8 Å². The first-order chi connectivity index (χ1) is 16.2. The molecular weight excluding hydrogens is 441 g/mol. The highest BCUT2D eigenvalue weighted by molar-refractivity contribution is 6.31. The Morgan fingerprint density at radius 2 is 1.79 bits per heavy atom. The minimum Gasteiger partial charge on any atom is -0.341 e. The van der Waals surface area contributed by atoms with Crippen LogP contribution in [0.5, 0.6) is 0 Å². The van der Waals surface area contributed by atoms with Gasteiger partial charge in [-0.3, -0.25) is 0 Å². The van der Waals surface area contributed by atoms with Crippen LogP contribution in [0.2, 0.25) is 5.02 Å². The third-order valence-electron chi connectivity index (χ3n) is 6.89. The molecule has 2 saturated heterocycles. The van der Waals surface area contributed by atoms with Gasteiger partial charge in [0.1, 0.15) is 23.2 Å². The number of piperidine rings is 2. The number of anilines is 3. The Morgan fingerprint density at radius 1 is 1.03 bits per heavy atom. The van der Waals surface area contributed by atoms with Gasteiger partial charge in [0.15, 0.2) is 5.82 Å². The van der Waals surface area contributed by atoms with Gasteiger partial charge in [-0.15, -0.1) is 0 Å². The molecular formula is C24H29ClFN7. The normalized spacial score (nSPS) is 18.1. The van der Waals surface area contributed by atoms with E-state index in [4.69, 9.17) is 16.6 Å². The third-order valence-corrected chi connectivity index (χ3v) is 7.18. The summed E-state index contributed by atoms with van der Waals surface area (Å²) in [6.07, 6.45) is 10.9. The van der Waals surface area contributed by atoms with E-state index >= 15 is 0 Å². The predicted molar refractivity (Wildman–Crippen MR) is 130 cm³/mol. The maximum Gasteiger partial charge on any atom is 0.226 e. The van der Waals surface area contributed by atoms with E-state index in [0.29, 0.717) is 28.5 Å². The van der Waals surface area contributed by atoms with E-state index in [2.05, 4.69) is 30.5 Å². The molecule has 9 heteroatoms. The summed E-state index contributed by atoms with van der Waals surface area (Å²) in [5.74, 6) is 2.48. The van der Waals surface area contributed by atoms with Gasteiger partial charge in [-0.25, -0.2) is 24.3 Å². The molecule has 0 saturated carbocycles. The number of nitrogens with one attached hydrogen (secondary N) is 2. The highest BCUT2D eigenvalue weighted by Gasteiger charge is 2.23. The van der Waals surface area contributed by atoms with Gasteiger partial charge < -0.3 is 15.5 Å². The van der Waals surface area contributed by atoms with Crippen LogP contribution in [0.25, 0.3) is 11.0 Å². The average molecular weight is 470 g/mol. The molecule has 174 valence electrons. The second-order valence-electron chi connectivity index (χ2n) is 9.08. The van der Waals surface area contributed by atoms with Gasteiger partial charge in [-0.05, 0) is 68.8 Å². The Labute approximate surface area is 198 Å². The molecule has 0 bridgehead atoms. The molecule has 2 aromatic heterocycles. The standard InChI is InChI=1S/C24H29ClFN7/c25-19-13-18(3-4-20(19)26)31-23-22-21(29-15-30-23)14-28-24(32-22)33-11-7-17(8-12-33)2-1-16-5-9-27-10-6-16/h3-4,13-17,27H,1-2,5-12H2,(H,29,30,31). The molecule has 0 spiro atoms. The molecule has 0 atom stereocenters. The molecule has 2 N–H and O–H groups in total. The van der Waals surface area contributed by atoms with Gasteiger partial charge in [-0.1, -0.05) is 24.4 Å². The Bertz CT molecular complexity index is 1100. The van der Waals surface area contributed by atoms with Crippen LogP contribution in [0.15, 0.2) is 30.7 Å². The van der Waals surface area contributed by atoms with Gasteiger partial charge >= 0.3 is 0 Å². The summed E-state index contributed by atoms with van der Waals surface area (Å²) in [6, 6.07) is 4.47. The summed E-state index contributed by atoms with van der Waals surface area (Å²) >= 11 is 5.92. The van der Waals surface area contributed by atoms with E-state index in [1.165, 1.54) is 70.1 Å². The maximum atomic E-state index is 13.5. The van der Waals surface area contributed by atoms with E-state index in [-0.39, 0.29) is 5.02 Å². The maximum absolute atomic E-state index is 13.5. The van der Waals surface area contributed by atoms with Crippen molar-refractivity contribution in [2.45, 2.75) is 38.5 Å². The fraction of sp³-hybridized carbons (Fsp3) is 0.500. The van der Waals surface area contributed by atoms with Crippen molar-refractivity contribution < 1.29 is 4.39 Å². The summed E-state index contributed by atoms with van der Waals surface area (Å²) in [4.78, 5) is 20.3. The lowest BCUT2D eigenvalue weighted by Crippen LogP contribution is -2.35. The van der Waals surface area contributed by atoms with E-state index in [0.717, 1.165) is 24.9 Å². The predicted octanol–water partition coefficient (Wildman–Crippen LogP) is 4.95. The molecule has 7 nitrogen and oxygen atoms in total. The highest BCUT2D eigenvalue weighted by atomic mass is 35.5. The second kappa shape index (κ2) is 10.1. The third kappa shape index (κ3) is 5.33. The molecule has 4 heterocycles. The van der Waals surface area contributed by atoms with Crippen LogP contribution < -0.4 is 15.5 Å². The molecule has 0 radical (unpaired) electrons. The lowest BCUT2D eigenvalue weighted by Gasteiger charge is -2.33. The zero-order chi connectivity index (χ0) is 22.6. The topological polar surface area (TPSA) is 78.9 Å². The Kier molecular flexibility index (Phi) is 6.83. The quantitative estimate of drug-likeness (QED) is 0.528. The zero-order valence-corrected chi connectivity index (χ0v) is 19.4. The number of fused-ring (bicyclic) bond motifs is 1. The molecule has 2 aliphatic rings. The fourth-order valence-electron chi connectivity index (χ4n) is 4.86. The number of halogens is 2. The lowest BCUT2D eigenvalue weighted by atomic mass is 9.85. The van der Waals surface area contributed by atoms with Crippen LogP contribution in [0, 0.1) is 17.7 Å². The molecule has 1 aromatic carbocycles. The lowest BCUT2D eigenvalue weighted by molar-refractivity contribution is 0.295. The number of rotatable bonds is 6. The van der Waals surface area contributed by atoms with Crippen LogP contribution in [0.4, 0.5) is 21.8 Å². The van der Waals surface area contributed by atoms with Gasteiger partial charge in [0.2, 0.25) is 5.95 Å². The number of hydrogen-bond donors (Lipinski definition) is 2. The summed E-state index contributed by atoms with van der Waals surface area (Å²) in [6.45, 7) is 4.28. The van der Waals surface area contributed by atoms with Gasteiger partial charge in [0.25, 0.3) is 0 Å². The van der Waals surface area contributed by atoms with Crippen molar-refractivity contribution in [2.24, 2.45) is 11.8 Å². The molecule has 3 aromatic rings. The SMILES string of the molecule is Fc1ccc(Nc2ncnc3cnc(N4CCC(CCC5CCNCC5)CC4)nc23)cc1Cl. The Morgan fingerprint density at radius 3 is 2.55 bits per heavy atom. The largest absolute Gasteiger partial charge is 0.341 e. The van der Waals surface area contributed by atoms with Gasteiger partial charge in [-0.2, -0.15) is 0 Å². The molecule has 0 unspecified atom stereocenters. The van der Waals surface area contributed by atoms with Crippen LogP contribution in [-0.2, 0) is 0 Å². The van der Waals surface area contributed by atoms with Crippen molar-refractivity contribution in [1.29, 1.82) is 0 Å². The number of nitrogens with zero attached hydrogens (tertiary/aromatic N) is 5. The number of aromatic nitrogens is 4. The van der Waals surface area contributed by atoms with Crippen molar-refractivity contribution >= 4 is 40.1 Å². The average Bonchev–Trinajstić information content (AvgIpc) is 2.86. The van der Waals surface area contributed by atoms with Crippen LogP contribution in [-0.4, -0.2) is 46.1 Å². The minimum absolute atomic E-state index is 0.0525. The Hall–Kier alpha value is -2.58. The van der Waals surface area contributed by atoms with Crippen molar-refractivity contribution in [1.82, 2.24) is 25.3 Å².